The SMILES string of the molecule is COc1cccc(-c2cc3nc(C)c(CCC#N)c(=O)n3[nH]2)c1. The number of aromatic nitrogens is 3. The molecule has 0 aliphatic rings. The molecule has 0 aliphatic heterocycles. The summed E-state index contributed by atoms with van der Waals surface area (Å²) in [6, 6.07) is 11.5. The van der Waals surface area contributed by atoms with Gasteiger partial charge in [-0.1, -0.05) is 12.1 Å². The predicted octanol–water partition coefficient (Wildman–Crippen LogP) is 2.46. The van der Waals surface area contributed by atoms with Gasteiger partial charge in [0.05, 0.1) is 18.9 Å². The number of nitriles is 1. The van der Waals surface area contributed by atoms with E-state index in [9.17, 15) is 4.79 Å². The standard InChI is InChI=1S/C17H16N4O2/c1-11-14(7-4-8-18)17(22)21-16(19-11)10-15(20-21)12-5-3-6-13(9-12)23-2/h3,5-6,9-10,20H,4,7H2,1-2H3. The lowest BCUT2D eigenvalue weighted by Crippen LogP contribution is -2.21. The number of fused-ring (bicyclic) bond motifs is 1. The van der Waals surface area contributed by atoms with Crippen LogP contribution in [0.25, 0.3) is 16.9 Å². The highest BCUT2D eigenvalue weighted by Gasteiger charge is 2.12. The molecule has 0 saturated heterocycles. The number of nitrogens with one attached hydrogen (secondary N) is 1. The molecular formula is C17H16N4O2. The van der Waals surface area contributed by atoms with Gasteiger partial charge in [0.15, 0.2) is 5.65 Å². The lowest BCUT2D eigenvalue weighted by Gasteiger charge is -2.03. The monoisotopic (exact) mass is 308 g/mol. The Morgan fingerprint density at radius 2 is 2.22 bits per heavy atom. The van der Waals surface area contributed by atoms with Gasteiger partial charge in [0.2, 0.25) is 0 Å². The summed E-state index contributed by atoms with van der Waals surface area (Å²) in [7, 11) is 1.61. The molecule has 0 spiro atoms. The van der Waals surface area contributed by atoms with E-state index in [1.54, 1.807) is 14.0 Å². The van der Waals surface area contributed by atoms with Crippen molar-refractivity contribution in [1.82, 2.24) is 14.6 Å². The topological polar surface area (TPSA) is 83.2 Å². The van der Waals surface area contributed by atoms with E-state index in [1.807, 2.05) is 30.3 Å². The Hall–Kier alpha value is -3.07. The van der Waals surface area contributed by atoms with Crippen molar-refractivity contribution in [2.45, 2.75) is 19.8 Å². The van der Waals surface area contributed by atoms with Gasteiger partial charge in [-0.05, 0) is 25.5 Å². The first kappa shape index (κ1) is 14.9. The minimum atomic E-state index is -0.156. The smallest absolute Gasteiger partial charge is 0.276 e. The van der Waals surface area contributed by atoms with Crippen LogP contribution in [0.3, 0.4) is 0 Å². The molecule has 3 rings (SSSR count). The Kier molecular flexibility index (Phi) is 3.85. The fourth-order valence-electron chi connectivity index (χ4n) is 2.58. The van der Waals surface area contributed by atoms with E-state index in [2.05, 4.69) is 16.2 Å². The minimum Gasteiger partial charge on any atom is -0.497 e. The lowest BCUT2D eigenvalue weighted by atomic mass is 10.1. The molecule has 0 radical (unpaired) electrons. The Balaban J connectivity index is 2.13. The molecule has 23 heavy (non-hydrogen) atoms. The van der Waals surface area contributed by atoms with Crippen molar-refractivity contribution in [3.05, 3.63) is 51.9 Å². The van der Waals surface area contributed by atoms with E-state index < -0.39 is 0 Å². The van der Waals surface area contributed by atoms with E-state index in [0.29, 0.717) is 29.7 Å². The van der Waals surface area contributed by atoms with Gasteiger partial charge in [-0.15, -0.1) is 0 Å². The Morgan fingerprint density at radius 3 is 2.96 bits per heavy atom. The van der Waals surface area contributed by atoms with Gasteiger partial charge in [0.25, 0.3) is 5.56 Å². The Bertz CT molecular complexity index is 963. The summed E-state index contributed by atoms with van der Waals surface area (Å²) in [5, 5.41) is 11.8. The van der Waals surface area contributed by atoms with Gasteiger partial charge in [-0.25, -0.2) is 9.50 Å². The third-order valence-corrected chi connectivity index (χ3v) is 3.78. The number of aromatic amines is 1. The number of H-pyrrole nitrogens is 1. The second-order valence-corrected chi connectivity index (χ2v) is 5.23. The fourth-order valence-corrected chi connectivity index (χ4v) is 2.58. The van der Waals surface area contributed by atoms with Gasteiger partial charge < -0.3 is 4.74 Å². The highest BCUT2D eigenvalue weighted by molar-refractivity contribution is 5.65. The van der Waals surface area contributed by atoms with Gasteiger partial charge in [0, 0.05) is 29.3 Å². The molecule has 0 bridgehead atoms. The average Bonchev–Trinajstić information content (AvgIpc) is 2.99. The number of nitrogens with zero attached hydrogens (tertiary/aromatic N) is 3. The van der Waals surface area contributed by atoms with Crippen molar-refractivity contribution in [3.63, 3.8) is 0 Å². The molecule has 1 N–H and O–H groups in total. The molecule has 2 aromatic heterocycles. The summed E-state index contributed by atoms with van der Waals surface area (Å²) in [6.07, 6.45) is 0.706. The van der Waals surface area contributed by atoms with Crippen LogP contribution in [0.4, 0.5) is 0 Å². The predicted molar refractivity (Wildman–Crippen MR) is 86.5 cm³/mol. The molecule has 0 saturated carbocycles. The van der Waals surface area contributed by atoms with Crippen molar-refractivity contribution in [1.29, 1.82) is 5.26 Å². The third kappa shape index (κ3) is 2.69. The second-order valence-electron chi connectivity index (χ2n) is 5.23. The Labute approximate surface area is 133 Å². The molecule has 2 heterocycles. The van der Waals surface area contributed by atoms with Crippen molar-refractivity contribution in [2.75, 3.05) is 7.11 Å². The number of rotatable bonds is 4. The molecule has 3 aromatic rings. The molecular weight excluding hydrogens is 292 g/mol. The molecule has 116 valence electrons. The maximum Gasteiger partial charge on any atom is 0.276 e. The van der Waals surface area contributed by atoms with Crippen molar-refractivity contribution < 1.29 is 4.74 Å². The quantitative estimate of drug-likeness (QED) is 0.802. The van der Waals surface area contributed by atoms with Crippen LogP contribution >= 0.6 is 0 Å². The maximum absolute atomic E-state index is 12.6. The summed E-state index contributed by atoms with van der Waals surface area (Å²) < 4.78 is 6.65. The van der Waals surface area contributed by atoms with E-state index in [1.165, 1.54) is 4.52 Å². The first-order chi connectivity index (χ1) is 11.1. The zero-order valence-electron chi connectivity index (χ0n) is 13.0. The molecule has 0 atom stereocenters. The molecule has 0 amide bonds. The Morgan fingerprint density at radius 1 is 1.39 bits per heavy atom. The zero-order chi connectivity index (χ0) is 16.4. The van der Waals surface area contributed by atoms with Crippen molar-refractivity contribution >= 4 is 5.65 Å². The van der Waals surface area contributed by atoms with Crippen LogP contribution in [0.15, 0.2) is 35.1 Å². The number of aryl methyl sites for hydroxylation is 1. The van der Waals surface area contributed by atoms with Crippen LogP contribution in [0.5, 0.6) is 5.75 Å². The maximum atomic E-state index is 12.6. The fraction of sp³-hybridized carbons (Fsp3) is 0.235. The summed E-state index contributed by atoms with van der Waals surface area (Å²) in [6.45, 7) is 1.80. The summed E-state index contributed by atoms with van der Waals surface area (Å²) in [5.74, 6) is 0.743. The van der Waals surface area contributed by atoms with Crippen LogP contribution < -0.4 is 10.3 Å². The van der Waals surface area contributed by atoms with Crippen LogP contribution in [0.1, 0.15) is 17.7 Å². The van der Waals surface area contributed by atoms with Crippen LogP contribution in [0.2, 0.25) is 0 Å². The number of benzene rings is 1. The minimum absolute atomic E-state index is 0.156. The zero-order valence-corrected chi connectivity index (χ0v) is 13.0. The summed E-state index contributed by atoms with van der Waals surface area (Å²) >= 11 is 0. The van der Waals surface area contributed by atoms with Crippen LogP contribution in [-0.2, 0) is 6.42 Å². The van der Waals surface area contributed by atoms with Crippen molar-refractivity contribution in [3.8, 4) is 23.1 Å². The number of ether oxygens (including phenoxy) is 1. The first-order valence-corrected chi connectivity index (χ1v) is 7.26. The number of hydrogen-bond acceptors (Lipinski definition) is 4. The summed E-state index contributed by atoms with van der Waals surface area (Å²) in [4.78, 5) is 17.0. The molecule has 0 aliphatic carbocycles. The van der Waals surface area contributed by atoms with Gasteiger partial charge in [-0.3, -0.25) is 9.89 Å². The van der Waals surface area contributed by atoms with Gasteiger partial charge in [0.1, 0.15) is 5.75 Å². The normalized spacial score (nSPS) is 10.7. The molecule has 1 aromatic carbocycles. The lowest BCUT2D eigenvalue weighted by molar-refractivity contribution is 0.415. The molecule has 6 heteroatoms. The second kappa shape index (κ2) is 5.97. The third-order valence-electron chi connectivity index (χ3n) is 3.78. The van der Waals surface area contributed by atoms with Crippen molar-refractivity contribution in [2.24, 2.45) is 0 Å². The average molecular weight is 308 g/mol. The van der Waals surface area contributed by atoms with Gasteiger partial charge >= 0.3 is 0 Å². The first-order valence-electron chi connectivity index (χ1n) is 7.26. The largest absolute Gasteiger partial charge is 0.497 e. The van der Waals surface area contributed by atoms with E-state index >= 15 is 0 Å². The number of hydrogen-bond donors (Lipinski definition) is 1. The van der Waals surface area contributed by atoms with Crippen LogP contribution in [0, 0.1) is 18.3 Å². The molecule has 0 unspecified atom stereocenters. The summed E-state index contributed by atoms with van der Waals surface area (Å²) in [5.41, 5.74) is 3.34. The van der Waals surface area contributed by atoms with E-state index in [0.717, 1.165) is 17.0 Å². The molecule has 6 nitrogen and oxygen atoms in total. The number of methoxy groups -OCH3 is 1. The van der Waals surface area contributed by atoms with E-state index in [-0.39, 0.29) is 5.56 Å². The highest BCUT2D eigenvalue weighted by Crippen LogP contribution is 2.23. The highest BCUT2D eigenvalue weighted by atomic mass is 16.5. The van der Waals surface area contributed by atoms with Gasteiger partial charge in [-0.2, -0.15) is 5.26 Å². The van der Waals surface area contributed by atoms with E-state index in [4.69, 9.17) is 10.00 Å². The molecule has 0 fully saturated rings. The van der Waals surface area contributed by atoms with Crippen LogP contribution in [-0.4, -0.2) is 21.7 Å².